The van der Waals surface area contributed by atoms with E-state index in [1.165, 1.54) is 35.0 Å². The van der Waals surface area contributed by atoms with Gasteiger partial charge in [0.15, 0.2) is 0 Å². The molecule has 4 N–H and O–H groups in total. The molecule has 26 heavy (non-hydrogen) atoms. The molecule has 2 aromatic heterocycles. The maximum absolute atomic E-state index is 11.9. The Kier molecular flexibility index (Phi) is 5.41. The number of aliphatic hydroxyl groups is 2. The Balaban J connectivity index is 2.41. The van der Waals surface area contributed by atoms with E-state index in [0.717, 1.165) is 22.7 Å². The highest BCUT2D eigenvalue weighted by atomic mass is 32.1. The van der Waals surface area contributed by atoms with E-state index in [-0.39, 0.29) is 9.75 Å². The average molecular weight is 402 g/mol. The number of ether oxygens (including phenoxy) is 2. The first-order valence-electron chi connectivity index (χ1n) is 6.57. The molecule has 0 unspecified atom stereocenters. The van der Waals surface area contributed by atoms with Crippen molar-refractivity contribution >= 4 is 46.6 Å². The molecule has 2 atom stereocenters. The molecular weight excluding hydrogens is 392 g/mol. The topological polar surface area (TPSA) is 168 Å². The summed E-state index contributed by atoms with van der Waals surface area (Å²) < 4.78 is 8.62. The molecule has 0 aliphatic carbocycles. The van der Waals surface area contributed by atoms with Crippen LogP contribution in [0.25, 0.3) is 0 Å². The molecule has 0 radical (unpaired) electrons. The molecule has 0 fully saturated rings. The van der Waals surface area contributed by atoms with Crippen molar-refractivity contribution in [1.82, 2.24) is 0 Å². The van der Waals surface area contributed by atoms with Crippen molar-refractivity contribution in [1.29, 1.82) is 0 Å². The second kappa shape index (κ2) is 7.21. The van der Waals surface area contributed by atoms with Gasteiger partial charge in [-0.3, -0.25) is 0 Å². The summed E-state index contributed by atoms with van der Waals surface area (Å²) in [6, 6.07) is 5.21. The molecule has 0 aliphatic rings. The van der Waals surface area contributed by atoms with Gasteiger partial charge in [0.25, 0.3) is 0 Å². The summed E-state index contributed by atoms with van der Waals surface area (Å²) >= 11 is 1.60. The highest BCUT2D eigenvalue weighted by molar-refractivity contribution is 7.12. The minimum Gasteiger partial charge on any atom is -0.476 e. The van der Waals surface area contributed by atoms with E-state index in [1.807, 2.05) is 0 Å². The number of aliphatic carboxylic acids is 2. The zero-order chi connectivity index (χ0) is 19.5. The molecule has 10 nitrogen and oxygen atoms in total. The summed E-state index contributed by atoms with van der Waals surface area (Å²) in [4.78, 5) is 46.3. The van der Waals surface area contributed by atoms with Gasteiger partial charge >= 0.3 is 35.5 Å². The van der Waals surface area contributed by atoms with E-state index in [1.54, 1.807) is 0 Å². The molecule has 2 heterocycles. The molecule has 12 heteroatoms. The first-order chi connectivity index (χ1) is 12.1. The van der Waals surface area contributed by atoms with E-state index < -0.39 is 35.5 Å². The van der Waals surface area contributed by atoms with Gasteiger partial charge in [-0.25, -0.2) is 19.2 Å². The Morgan fingerprint density at radius 1 is 0.769 bits per heavy atom. The molecular formula is C14H10O10S2. The second-order valence-corrected chi connectivity index (χ2v) is 6.53. The van der Waals surface area contributed by atoms with Crippen molar-refractivity contribution in [2.45, 2.75) is 11.6 Å². The SMILES string of the molecule is O=C(O[C@](O)(C(=O)O)[C@](O)(OC(=O)c1cccs1)C(=O)O)c1cccs1. The summed E-state index contributed by atoms with van der Waals surface area (Å²) in [5.41, 5.74) is 0. The van der Waals surface area contributed by atoms with Gasteiger partial charge in [0.1, 0.15) is 9.75 Å². The number of carbonyl (C=O) groups excluding carboxylic acids is 2. The molecule has 0 spiro atoms. The molecule has 0 bridgehead atoms. The maximum atomic E-state index is 11.9. The number of rotatable bonds is 7. The first kappa shape index (κ1) is 19.5. The Morgan fingerprint density at radius 3 is 1.35 bits per heavy atom. The van der Waals surface area contributed by atoms with Crippen LogP contribution < -0.4 is 0 Å². The standard InChI is InChI=1S/C14H10O10S2/c15-9(7-3-1-5-25-7)23-13(21,11(17)18)14(22,12(19)20)24-10(16)8-4-2-6-26-8/h1-6,21-22H,(H,17,18)(H,19,20)/t13-,14-/m1/s1. The van der Waals surface area contributed by atoms with Gasteiger partial charge in [-0.1, -0.05) is 12.1 Å². The van der Waals surface area contributed by atoms with Crippen LogP contribution in [0.15, 0.2) is 35.0 Å². The van der Waals surface area contributed by atoms with E-state index in [0.29, 0.717) is 0 Å². The largest absolute Gasteiger partial charge is 0.476 e. The van der Waals surface area contributed by atoms with Gasteiger partial charge in [0, 0.05) is 0 Å². The van der Waals surface area contributed by atoms with Crippen LogP contribution in [0.5, 0.6) is 0 Å². The zero-order valence-electron chi connectivity index (χ0n) is 12.5. The number of esters is 2. The highest BCUT2D eigenvalue weighted by Crippen LogP contribution is 2.30. The van der Waals surface area contributed by atoms with Crippen molar-refractivity contribution in [3.8, 4) is 0 Å². The Morgan fingerprint density at radius 2 is 1.12 bits per heavy atom. The average Bonchev–Trinajstić information content (AvgIpc) is 3.27. The molecule has 138 valence electrons. The molecule has 0 aliphatic heterocycles. The fourth-order valence-corrected chi connectivity index (χ4v) is 2.87. The zero-order valence-corrected chi connectivity index (χ0v) is 14.2. The van der Waals surface area contributed by atoms with E-state index in [4.69, 9.17) is 0 Å². The lowest BCUT2D eigenvalue weighted by Gasteiger charge is -2.34. The van der Waals surface area contributed by atoms with E-state index in [9.17, 15) is 39.6 Å². The minimum absolute atomic E-state index is 0.193. The Bertz CT molecular complexity index is 758. The van der Waals surface area contributed by atoms with Gasteiger partial charge in [-0.15, -0.1) is 22.7 Å². The molecule has 0 amide bonds. The number of carboxylic acids is 2. The van der Waals surface area contributed by atoms with Crippen molar-refractivity contribution in [3.05, 3.63) is 44.8 Å². The van der Waals surface area contributed by atoms with Crippen LogP contribution in [0.1, 0.15) is 19.3 Å². The first-order valence-corrected chi connectivity index (χ1v) is 8.33. The van der Waals surface area contributed by atoms with E-state index in [2.05, 4.69) is 9.47 Å². The van der Waals surface area contributed by atoms with Crippen molar-refractivity contribution in [2.24, 2.45) is 0 Å². The molecule has 0 saturated carbocycles. The summed E-state index contributed by atoms with van der Waals surface area (Å²) in [5.74, 6) is -16.1. The number of thiophene rings is 2. The molecule has 2 aromatic rings. The van der Waals surface area contributed by atoms with Gasteiger partial charge in [-0.05, 0) is 22.9 Å². The van der Waals surface area contributed by atoms with Crippen LogP contribution in [-0.2, 0) is 19.1 Å². The lowest BCUT2D eigenvalue weighted by molar-refractivity contribution is -0.328. The van der Waals surface area contributed by atoms with Crippen LogP contribution in [0.2, 0.25) is 0 Å². The highest BCUT2D eigenvalue weighted by Gasteiger charge is 2.69. The fourth-order valence-electron chi connectivity index (χ4n) is 1.67. The van der Waals surface area contributed by atoms with Gasteiger partial charge in [0.2, 0.25) is 0 Å². The monoisotopic (exact) mass is 402 g/mol. The Hall–Kier alpha value is -2.80. The van der Waals surface area contributed by atoms with Crippen LogP contribution in [0.4, 0.5) is 0 Å². The predicted molar refractivity (Wildman–Crippen MR) is 84.6 cm³/mol. The quantitative estimate of drug-likeness (QED) is 0.375. The fraction of sp³-hybridized carbons (Fsp3) is 0.143. The Labute approximate surface area is 152 Å². The summed E-state index contributed by atoms with van der Waals surface area (Å²) in [6.07, 6.45) is 0. The normalized spacial score (nSPS) is 15.3. The molecule has 0 saturated heterocycles. The van der Waals surface area contributed by atoms with Crippen molar-refractivity contribution in [2.75, 3.05) is 0 Å². The third-order valence-corrected chi connectivity index (χ3v) is 4.66. The second-order valence-electron chi connectivity index (χ2n) is 4.63. The van der Waals surface area contributed by atoms with Gasteiger partial charge in [-0.2, -0.15) is 0 Å². The molecule has 0 aromatic carbocycles. The smallest absolute Gasteiger partial charge is 0.389 e. The number of hydrogen-bond donors (Lipinski definition) is 4. The number of carbonyl (C=O) groups is 4. The summed E-state index contributed by atoms with van der Waals surface area (Å²) in [7, 11) is 0. The predicted octanol–water partition coefficient (Wildman–Crippen LogP) is 0.370. The van der Waals surface area contributed by atoms with Crippen molar-refractivity contribution < 1.29 is 49.1 Å². The minimum atomic E-state index is -4.12. The number of hydrogen-bond acceptors (Lipinski definition) is 10. The van der Waals surface area contributed by atoms with Crippen LogP contribution >= 0.6 is 22.7 Å². The number of carboxylic acid groups (broad SMARTS) is 2. The van der Waals surface area contributed by atoms with Gasteiger partial charge in [0.05, 0.1) is 0 Å². The van der Waals surface area contributed by atoms with E-state index >= 15 is 0 Å². The van der Waals surface area contributed by atoms with Gasteiger partial charge < -0.3 is 29.9 Å². The van der Waals surface area contributed by atoms with Crippen LogP contribution in [0, 0.1) is 0 Å². The van der Waals surface area contributed by atoms with Crippen molar-refractivity contribution in [3.63, 3.8) is 0 Å². The van der Waals surface area contributed by atoms with Crippen LogP contribution in [0.3, 0.4) is 0 Å². The van der Waals surface area contributed by atoms with Crippen LogP contribution in [-0.4, -0.2) is 55.9 Å². The summed E-state index contributed by atoms with van der Waals surface area (Å²) in [5, 5.41) is 41.5. The third kappa shape index (κ3) is 3.43. The lowest BCUT2D eigenvalue weighted by Crippen LogP contribution is -2.67. The maximum Gasteiger partial charge on any atom is 0.389 e. The third-order valence-electron chi connectivity index (χ3n) is 2.96. The lowest BCUT2D eigenvalue weighted by atomic mass is 10.1. The summed E-state index contributed by atoms with van der Waals surface area (Å²) in [6.45, 7) is 0. The molecule has 2 rings (SSSR count).